The van der Waals surface area contributed by atoms with E-state index in [1.165, 1.54) is 6.08 Å². The van der Waals surface area contributed by atoms with Gasteiger partial charge >= 0.3 is 5.97 Å². The van der Waals surface area contributed by atoms with Crippen LogP contribution in [0.25, 0.3) is 5.57 Å². The van der Waals surface area contributed by atoms with E-state index >= 15 is 0 Å². The van der Waals surface area contributed by atoms with Gasteiger partial charge in [-0.25, -0.2) is 4.79 Å². The van der Waals surface area contributed by atoms with Crippen molar-refractivity contribution in [2.75, 3.05) is 6.61 Å². The minimum Gasteiger partial charge on any atom is -0.489 e. The van der Waals surface area contributed by atoms with E-state index in [-0.39, 0.29) is 12.6 Å². The van der Waals surface area contributed by atoms with Crippen LogP contribution in [-0.2, 0) is 22.7 Å². The first kappa shape index (κ1) is 17.9. The summed E-state index contributed by atoms with van der Waals surface area (Å²) in [5.41, 5.74) is 3.77. The standard InChI is InChI=1S/C24H20O4/c25-24-13-20(17-28-24)22-14-21(26-15-18-7-3-1-4-8-18)11-12-23(22)27-16-19-9-5-2-6-10-19/h1-14H,15-17H2. The molecule has 4 nitrogen and oxygen atoms in total. The predicted molar refractivity (Wildman–Crippen MR) is 107 cm³/mol. The Morgan fingerprint density at radius 3 is 2.04 bits per heavy atom. The van der Waals surface area contributed by atoms with Crippen molar-refractivity contribution in [3.8, 4) is 11.5 Å². The fourth-order valence-corrected chi connectivity index (χ4v) is 2.98. The smallest absolute Gasteiger partial charge is 0.331 e. The molecule has 4 heteroatoms. The molecule has 140 valence electrons. The van der Waals surface area contributed by atoms with Gasteiger partial charge in [-0.1, -0.05) is 60.7 Å². The van der Waals surface area contributed by atoms with Gasteiger partial charge in [-0.3, -0.25) is 0 Å². The molecule has 0 atom stereocenters. The summed E-state index contributed by atoms with van der Waals surface area (Å²) in [5, 5.41) is 0. The lowest BCUT2D eigenvalue weighted by molar-refractivity contribution is -0.134. The molecule has 1 aliphatic rings. The highest BCUT2D eigenvalue weighted by atomic mass is 16.5. The van der Waals surface area contributed by atoms with E-state index in [1.54, 1.807) is 0 Å². The molecular weight excluding hydrogens is 352 g/mol. The van der Waals surface area contributed by atoms with Crippen LogP contribution in [0.2, 0.25) is 0 Å². The van der Waals surface area contributed by atoms with E-state index < -0.39 is 0 Å². The Morgan fingerprint density at radius 1 is 0.786 bits per heavy atom. The molecule has 0 radical (unpaired) electrons. The van der Waals surface area contributed by atoms with E-state index in [0.717, 1.165) is 22.3 Å². The summed E-state index contributed by atoms with van der Waals surface area (Å²) >= 11 is 0. The maximum Gasteiger partial charge on any atom is 0.331 e. The number of carbonyl (C=O) groups excluding carboxylic acids is 1. The summed E-state index contributed by atoms with van der Waals surface area (Å²) in [7, 11) is 0. The Kier molecular flexibility index (Phi) is 5.38. The van der Waals surface area contributed by atoms with Crippen LogP contribution < -0.4 is 9.47 Å². The molecule has 1 aliphatic heterocycles. The molecule has 3 aromatic rings. The SMILES string of the molecule is O=C1C=C(c2cc(OCc3ccccc3)ccc2OCc2ccccc2)CO1. The van der Waals surface area contributed by atoms with Crippen LogP contribution in [0.3, 0.4) is 0 Å². The van der Waals surface area contributed by atoms with Crippen molar-refractivity contribution in [2.45, 2.75) is 13.2 Å². The van der Waals surface area contributed by atoms with Crippen molar-refractivity contribution < 1.29 is 19.0 Å². The number of benzene rings is 3. The molecule has 0 amide bonds. The van der Waals surface area contributed by atoms with Crippen molar-refractivity contribution in [1.82, 2.24) is 0 Å². The number of ether oxygens (including phenoxy) is 3. The lowest BCUT2D eigenvalue weighted by atomic mass is 10.1. The quantitative estimate of drug-likeness (QED) is 0.560. The lowest BCUT2D eigenvalue weighted by Crippen LogP contribution is -2.01. The van der Waals surface area contributed by atoms with Crippen LogP contribution in [-0.4, -0.2) is 12.6 Å². The lowest BCUT2D eigenvalue weighted by Gasteiger charge is -2.14. The zero-order valence-electron chi connectivity index (χ0n) is 15.3. The molecule has 0 N–H and O–H groups in total. The van der Waals surface area contributed by atoms with Crippen LogP contribution in [0.1, 0.15) is 16.7 Å². The molecule has 0 bridgehead atoms. The molecule has 0 spiro atoms. The molecule has 28 heavy (non-hydrogen) atoms. The average molecular weight is 372 g/mol. The summed E-state index contributed by atoms with van der Waals surface area (Å²) < 4.78 is 17.0. The maximum atomic E-state index is 11.5. The van der Waals surface area contributed by atoms with Gasteiger partial charge in [-0.05, 0) is 29.3 Å². The first-order valence-electron chi connectivity index (χ1n) is 9.13. The summed E-state index contributed by atoms with van der Waals surface area (Å²) in [5.74, 6) is 1.08. The van der Waals surface area contributed by atoms with Crippen molar-refractivity contribution in [3.63, 3.8) is 0 Å². The van der Waals surface area contributed by atoms with Gasteiger partial charge < -0.3 is 14.2 Å². The topological polar surface area (TPSA) is 44.8 Å². The van der Waals surface area contributed by atoms with Crippen molar-refractivity contribution in [2.24, 2.45) is 0 Å². The molecule has 0 saturated carbocycles. The second-order valence-corrected chi connectivity index (χ2v) is 6.48. The van der Waals surface area contributed by atoms with Crippen LogP contribution in [0.15, 0.2) is 84.9 Å². The maximum absolute atomic E-state index is 11.5. The van der Waals surface area contributed by atoms with Gasteiger partial charge in [0.2, 0.25) is 0 Å². The minimum atomic E-state index is -0.334. The van der Waals surface area contributed by atoms with Crippen LogP contribution in [0.5, 0.6) is 11.5 Å². The van der Waals surface area contributed by atoms with Gasteiger partial charge in [0, 0.05) is 17.2 Å². The number of hydrogen-bond acceptors (Lipinski definition) is 4. The van der Waals surface area contributed by atoms with Crippen molar-refractivity contribution in [1.29, 1.82) is 0 Å². The first-order valence-corrected chi connectivity index (χ1v) is 9.13. The second-order valence-electron chi connectivity index (χ2n) is 6.48. The van der Waals surface area contributed by atoms with Gasteiger partial charge in [0.15, 0.2) is 0 Å². The number of esters is 1. The summed E-state index contributed by atoms with van der Waals surface area (Å²) in [4.78, 5) is 11.5. The third-order valence-corrected chi connectivity index (χ3v) is 4.44. The summed E-state index contributed by atoms with van der Waals surface area (Å²) in [6.45, 7) is 1.15. The number of carbonyl (C=O) groups is 1. The predicted octanol–water partition coefficient (Wildman–Crippen LogP) is 4.78. The monoisotopic (exact) mass is 372 g/mol. The molecule has 0 unspecified atom stereocenters. The fourth-order valence-electron chi connectivity index (χ4n) is 2.98. The van der Waals surface area contributed by atoms with Gasteiger partial charge in [-0.2, -0.15) is 0 Å². The van der Waals surface area contributed by atoms with E-state index in [1.807, 2.05) is 78.9 Å². The van der Waals surface area contributed by atoms with Gasteiger partial charge in [0.25, 0.3) is 0 Å². The Hall–Kier alpha value is -3.53. The fraction of sp³-hybridized carbons (Fsp3) is 0.125. The Balaban J connectivity index is 1.55. The normalized spacial score (nSPS) is 13.0. The molecule has 4 rings (SSSR count). The number of cyclic esters (lactones) is 1. The highest BCUT2D eigenvalue weighted by Crippen LogP contribution is 2.33. The van der Waals surface area contributed by atoms with Crippen LogP contribution in [0, 0.1) is 0 Å². The molecular formula is C24H20O4. The molecule has 0 saturated heterocycles. The largest absolute Gasteiger partial charge is 0.489 e. The molecule has 0 fully saturated rings. The molecule has 0 aromatic heterocycles. The van der Waals surface area contributed by atoms with Gasteiger partial charge in [0.05, 0.1) is 0 Å². The Labute approximate surface area is 164 Å². The highest BCUT2D eigenvalue weighted by Gasteiger charge is 2.19. The zero-order chi connectivity index (χ0) is 19.2. The van der Waals surface area contributed by atoms with E-state index in [2.05, 4.69) is 0 Å². The van der Waals surface area contributed by atoms with E-state index in [9.17, 15) is 4.79 Å². The zero-order valence-corrected chi connectivity index (χ0v) is 15.3. The van der Waals surface area contributed by atoms with E-state index in [4.69, 9.17) is 14.2 Å². The van der Waals surface area contributed by atoms with E-state index in [0.29, 0.717) is 24.7 Å². The third kappa shape index (κ3) is 4.41. The van der Waals surface area contributed by atoms with Crippen LogP contribution in [0.4, 0.5) is 0 Å². The number of rotatable bonds is 7. The Morgan fingerprint density at radius 2 is 1.43 bits per heavy atom. The first-order chi connectivity index (χ1) is 13.8. The summed E-state index contributed by atoms with van der Waals surface area (Å²) in [6, 6.07) is 25.6. The second kappa shape index (κ2) is 8.44. The highest BCUT2D eigenvalue weighted by molar-refractivity contribution is 5.96. The van der Waals surface area contributed by atoms with Gasteiger partial charge in [-0.15, -0.1) is 0 Å². The minimum absolute atomic E-state index is 0.239. The average Bonchev–Trinajstić information content (AvgIpc) is 3.18. The third-order valence-electron chi connectivity index (χ3n) is 4.44. The molecule has 3 aromatic carbocycles. The Bertz CT molecular complexity index is 978. The summed E-state index contributed by atoms with van der Waals surface area (Å²) in [6.07, 6.45) is 1.51. The van der Waals surface area contributed by atoms with Gasteiger partial charge in [0.1, 0.15) is 31.3 Å². The van der Waals surface area contributed by atoms with Crippen molar-refractivity contribution >= 4 is 11.5 Å². The van der Waals surface area contributed by atoms with Crippen LogP contribution >= 0.6 is 0 Å². The molecule has 0 aliphatic carbocycles. The molecule has 1 heterocycles. The number of hydrogen-bond donors (Lipinski definition) is 0. The van der Waals surface area contributed by atoms with Crippen molar-refractivity contribution in [3.05, 3.63) is 102 Å².